The maximum Gasteiger partial charge on any atom is 0.336 e. The van der Waals surface area contributed by atoms with E-state index in [0.29, 0.717) is 36.4 Å². The summed E-state index contributed by atoms with van der Waals surface area (Å²) in [5.74, 6) is -0.366. The van der Waals surface area contributed by atoms with Crippen LogP contribution in [0.1, 0.15) is 10.4 Å². The van der Waals surface area contributed by atoms with Gasteiger partial charge in [-0.25, -0.2) is 9.78 Å². The number of para-hydroxylation sites is 1. The number of hydrogen-bond donors (Lipinski definition) is 2. The Bertz CT molecular complexity index is 674. The van der Waals surface area contributed by atoms with Crippen LogP contribution in [0.3, 0.4) is 0 Å². The van der Waals surface area contributed by atoms with Crippen LogP contribution in [0.4, 0.5) is 5.82 Å². The first kappa shape index (κ1) is 13.8. The van der Waals surface area contributed by atoms with Crippen molar-refractivity contribution in [3.05, 3.63) is 35.9 Å². The van der Waals surface area contributed by atoms with Crippen molar-refractivity contribution in [3.8, 4) is 0 Å². The minimum atomic E-state index is -0.971. The molecule has 1 aliphatic heterocycles. The van der Waals surface area contributed by atoms with Gasteiger partial charge in [0, 0.05) is 18.5 Å². The Balaban J connectivity index is 2.04. The van der Waals surface area contributed by atoms with Gasteiger partial charge in [0.1, 0.15) is 5.82 Å². The number of carbonyl (C=O) groups is 1. The second-order valence-corrected chi connectivity index (χ2v) is 4.97. The third-order valence-corrected chi connectivity index (χ3v) is 3.60. The van der Waals surface area contributed by atoms with E-state index in [0.717, 1.165) is 0 Å². The molecule has 1 atom stereocenters. The van der Waals surface area contributed by atoms with Gasteiger partial charge in [0.05, 0.1) is 30.4 Å². The van der Waals surface area contributed by atoms with Crippen LogP contribution in [0.15, 0.2) is 30.3 Å². The van der Waals surface area contributed by atoms with Gasteiger partial charge in [-0.15, -0.1) is 0 Å². The highest BCUT2D eigenvalue weighted by Crippen LogP contribution is 2.24. The lowest BCUT2D eigenvalue weighted by Crippen LogP contribution is -2.44. The molecule has 2 heterocycles. The van der Waals surface area contributed by atoms with Crippen molar-refractivity contribution in [2.24, 2.45) is 0 Å². The fourth-order valence-electron chi connectivity index (χ4n) is 2.54. The fourth-order valence-corrected chi connectivity index (χ4v) is 2.54. The molecule has 0 bridgehead atoms. The second-order valence-electron chi connectivity index (χ2n) is 4.97. The zero-order valence-electron chi connectivity index (χ0n) is 11.4. The zero-order chi connectivity index (χ0) is 14.8. The van der Waals surface area contributed by atoms with Crippen LogP contribution in [0.2, 0.25) is 0 Å². The number of anilines is 1. The minimum absolute atomic E-state index is 0.0597. The largest absolute Gasteiger partial charge is 0.478 e. The molecule has 1 saturated heterocycles. The van der Waals surface area contributed by atoms with Gasteiger partial charge in [-0.2, -0.15) is 0 Å². The molecule has 0 spiro atoms. The number of benzene rings is 1. The first-order valence-corrected chi connectivity index (χ1v) is 6.79. The van der Waals surface area contributed by atoms with Crippen molar-refractivity contribution in [1.82, 2.24) is 4.98 Å². The third kappa shape index (κ3) is 2.68. The Kier molecular flexibility index (Phi) is 3.72. The summed E-state index contributed by atoms with van der Waals surface area (Å²) in [4.78, 5) is 17.9. The number of aromatic carboxylic acids is 1. The summed E-state index contributed by atoms with van der Waals surface area (Å²) < 4.78 is 5.41. The van der Waals surface area contributed by atoms with Crippen LogP contribution in [0, 0.1) is 0 Å². The predicted octanol–water partition coefficient (Wildman–Crippen LogP) is 1.13. The average Bonchev–Trinajstić information content (AvgIpc) is 2.53. The molecule has 2 N–H and O–H groups in total. The Hall–Kier alpha value is -2.18. The molecule has 1 aromatic carbocycles. The van der Waals surface area contributed by atoms with Crippen LogP contribution in [-0.2, 0) is 4.74 Å². The van der Waals surface area contributed by atoms with Crippen LogP contribution in [0.25, 0.3) is 10.9 Å². The van der Waals surface area contributed by atoms with Gasteiger partial charge in [-0.05, 0) is 12.1 Å². The number of nitrogens with zero attached hydrogens (tertiary/aromatic N) is 2. The van der Waals surface area contributed by atoms with Crippen molar-refractivity contribution < 1.29 is 19.7 Å². The number of morpholine rings is 1. The SMILES string of the molecule is O=C(O)c1cc(N2CCOC(CO)C2)nc2ccccc12. The van der Waals surface area contributed by atoms with E-state index >= 15 is 0 Å². The summed E-state index contributed by atoms with van der Waals surface area (Å²) in [6.45, 7) is 1.56. The Morgan fingerprint density at radius 1 is 1.43 bits per heavy atom. The van der Waals surface area contributed by atoms with E-state index in [1.54, 1.807) is 24.3 Å². The molecule has 1 aliphatic rings. The van der Waals surface area contributed by atoms with E-state index in [1.165, 1.54) is 0 Å². The topological polar surface area (TPSA) is 82.9 Å². The summed E-state index contributed by atoms with van der Waals surface area (Å²) in [5.41, 5.74) is 0.891. The number of ether oxygens (including phenoxy) is 1. The van der Waals surface area contributed by atoms with Gasteiger partial charge in [-0.3, -0.25) is 0 Å². The zero-order valence-corrected chi connectivity index (χ0v) is 11.4. The van der Waals surface area contributed by atoms with Crippen molar-refractivity contribution in [2.45, 2.75) is 6.10 Å². The highest BCUT2D eigenvalue weighted by Gasteiger charge is 2.22. The quantitative estimate of drug-likeness (QED) is 0.881. The first-order valence-electron chi connectivity index (χ1n) is 6.79. The highest BCUT2D eigenvalue weighted by molar-refractivity contribution is 6.03. The number of rotatable bonds is 3. The summed E-state index contributed by atoms with van der Waals surface area (Å²) in [5, 5.41) is 19.2. The van der Waals surface area contributed by atoms with E-state index < -0.39 is 5.97 Å². The Morgan fingerprint density at radius 2 is 2.24 bits per heavy atom. The minimum Gasteiger partial charge on any atom is -0.478 e. The monoisotopic (exact) mass is 288 g/mol. The number of fused-ring (bicyclic) bond motifs is 1. The highest BCUT2D eigenvalue weighted by atomic mass is 16.5. The number of hydrogen-bond acceptors (Lipinski definition) is 5. The average molecular weight is 288 g/mol. The van der Waals surface area contributed by atoms with Gasteiger partial charge < -0.3 is 19.8 Å². The molecular weight excluding hydrogens is 272 g/mol. The van der Waals surface area contributed by atoms with Crippen molar-refractivity contribution >= 4 is 22.7 Å². The van der Waals surface area contributed by atoms with Gasteiger partial charge in [0.2, 0.25) is 0 Å². The lowest BCUT2D eigenvalue weighted by atomic mass is 10.1. The second kappa shape index (κ2) is 5.67. The standard InChI is InChI=1S/C15H16N2O4/c18-9-10-8-17(5-6-21-10)14-7-12(15(19)20)11-3-1-2-4-13(11)16-14/h1-4,7,10,18H,5-6,8-9H2,(H,19,20). The molecular formula is C15H16N2O4. The first-order chi connectivity index (χ1) is 10.2. The fraction of sp³-hybridized carbons (Fsp3) is 0.333. The number of aliphatic hydroxyl groups is 1. The summed E-state index contributed by atoms with van der Waals surface area (Å²) >= 11 is 0. The molecule has 1 fully saturated rings. The van der Waals surface area contributed by atoms with Crippen molar-refractivity contribution in [3.63, 3.8) is 0 Å². The molecule has 0 aliphatic carbocycles. The van der Waals surface area contributed by atoms with Crippen LogP contribution < -0.4 is 4.90 Å². The molecule has 0 radical (unpaired) electrons. The van der Waals surface area contributed by atoms with E-state index in [2.05, 4.69) is 4.98 Å². The lowest BCUT2D eigenvalue weighted by molar-refractivity contribution is 0.00337. The number of carboxylic acids is 1. The number of aliphatic hydroxyl groups excluding tert-OH is 1. The Labute approximate surface area is 121 Å². The molecule has 0 amide bonds. The van der Waals surface area contributed by atoms with Crippen molar-refractivity contribution in [2.75, 3.05) is 31.2 Å². The van der Waals surface area contributed by atoms with E-state index in [9.17, 15) is 15.0 Å². The molecule has 1 unspecified atom stereocenters. The van der Waals surface area contributed by atoms with Crippen LogP contribution >= 0.6 is 0 Å². The molecule has 21 heavy (non-hydrogen) atoms. The smallest absolute Gasteiger partial charge is 0.336 e. The van der Waals surface area contributed by atoms with Crippen LogP contribution in [-0.4, -0.2) is 53.6 Å². The maximum absolute atomic E-state index is 11.5. The number of pyridine rings is 1. The molecule has 1 aromatic heterocycles. The van der Waals surface area contributed by atoms with Gasteiger partial charge >= 0.3 is 5.97 Å². The van der Waals surface area contributed by atoms with Gasteiger partial charge in [0.15, 0.2) is 0 Å². The molecule has 2 aromatic rings. The molecule has 110 valence electrons. The molecule has 6 nitrogen and oxygen atoms in total. The predicted molar refractivity (Wildman–Crippen MR) is 77.7 cm³/mol. The van der Waals surface area contributed by atoms with Crippen molar-refractivity contribution in [1.29, 1.82) is 0 Å². The Morgan fingerprint density at radius 3 is 3.00 bits per heavy atom. The third-order valence-electron chi connectivity index (χ3n) is 3.60. The van der Waals surface area contributed by atoms with Crippen LogP contribution in [0.5, 0.6) is 0 Å². The lowest BCUT2D eigenvalue weighted by Gasteiger charge is -2.33. The summed E-state index contributed by atoms with van der Waals surface area (Å²) in [7, 11) is 0. The summed E-state index contributed by atoms with van der Waals surface area (Å²) in [6, 6.07) is 8.78. The van der Waals surface area contributed by atoms with E-state index in [1.807, 2.05) is 11.0 Å². The van der Waals surface area contributed by atoms with Gasteiger partial charge in [-0.1, -0.05) is 18.2 Å². The summed E-state index contributed by atoms with van der Waals surface area (Å²) in [6.07, 6.45) is -0.264. The molecule has 3 rings (SSSR count). The molecule has 6 heteroatoms. The van der Waals surface area contributed by atoms with Gasteiger partial charge in [0.25, 0.3) is 0 Å². The molecule has 0 saturated carbocycles. The van der Waals surface area contributed by atoms with E-state index in [4.69, 9.17) is 4.74 Å². The number of carboxylic acid groups (broad SMARTS) is 1. The van der Waals surface area contributed by atoms with E-state index in [-0.39, 0.29) is 18.3 Å². The maximum atomic E-state index is 11.5. The number of aromatic nitrogens is 1. The normalized spacial score (nSPS) is 18.9.